The lowest BCUT2D eigenvalue weighted by atomic mass is 9.65. The fourth-order valence-corrected chi connectivity index (χ4v) is 3.89. The Labute approximate surface area is 154 Å². The molecule has 0 radical (unpaired) electrons. The van der Waals surface area contributed by atoms with Crippen LogP contribution in [0.2, 0.25) is 11.8 Å². The highest BCUT2D eigenvalue weighted by atomic mass is 35.5. The predicted octanol–water partition coefficient (Wildman–Crippen LogP) is 1.51. The molecule has 7 heteroatoms. The van der Waals surface area contributed by atoms with Gasteiger partial charge in [0.1, 0.15) is 0 Å². The van der Waals surface area contributed by atoms with Crippen LogP contribution >= 0.6 is 11.6 Å². The quantitative estimate of drug-likeness (QED) is 0.726. The van der Waals surface area contributed by atoms with E-state index in [4.69, 9.17) is 11.6 Å². The molecule has 1 fully saturated rings. The monoisotopic (exact) mass is 357 g/mol. The van der Waals surface area contributed by atoms with E-state index >= 15 is 0 Å². The molecule has 0 bridgehead atoms. The highest BCUT2D eigenvalue weighted by Crippen LogP contribution is 2.42. The molecule has 0 unspecified atom stereocenters. The summed E-state index contributed by atoms with van der Waals surface area (Å²) < 4.78 is 0. The van der Waals surface area contributed by atoms with Gasteiger partial charge in [0.2, 0.25) is 0 Å². The zero-order valence-corrected chi connectivity index (χ0v) is 15.0. The van der Waals surface area contributed by atoms with Crippen molar-refractivity contribution in [3.63, 3.8) is 0 Å². The maximum Gasteiger partial charge on any atom is 0.488 e. The second-order valence-electron chi connectivity index (χ2n) is 6.75. The van der Waals surface area contributed by atoms with Crippen molar-refractivity contribution >= 4 is 31.2 Å². The van der Waals surface area contributed by atoms with Gasteiger partial charge in [0.05, 0.1) is 0 Å². The Morgan fingerprint density at radius 1 is 0.880 bits per heavy atom. The van der Waals surface area contributed by atoms with E-state index in [1.54, 1.807) is 19.0 Å². The minimum Gasteiger partial charge on any atom is -0.437 e. The first-order valence-corrected chi connectivity index (χ1v) is 8.95. The van der Waals surface area contributed by atoms with Crippen molar-refractivity contribution in [1.29, 1.82) is 0 Å². The number of hydrogen-bond donors (Lipinski definition) is 3. The molecule has 0 aliphatic carbocycles. The summed E-state index contributed by atoms with van der Waals surface area (Å²) in [6.45, 7) is 3.39. The van der Waals surface area contributed by atoms with Gasteiger partial charge in [-0.05, 0) is 61.5 Å². The van der Waals surface area contributed by atoms with Gasteiger partial charge in [-0.25, -0.2) is 0 Å². The molecule has 1 aliphatic rings. The summed E-state index contributed by atoms with van der Waals surface area (Å²) in [6, 6.07) is 15.4. The molecule has 1 heterocycles. The highest BCUT2D eigenvalue weighted by molar-refractivity contribution is 6.58. The van der Waals surface area contributed by atoms with E-state index in [0.717, 1.165) is 31.5 Å². The largest absolute Gasteiger partial charge is 0.488 e. The summed E-state index contributed by atoms with van der Waals surface area (Å²) >= 11 is 6.07. The first-order valence-electron chi connectivity index (χ1n) is 8.57. The molecule has 2 aromatic carbocycles. The Hall–Kier alpha value is -1.30. The number of benzene rings is 2. The smallest absolute Gasteiger partial charge is 0.437 e. The van der Waals surface area contributed by atoms with E-state index in [1.165, 1.54) is 5.56 Å². The van der Waals surface area contributed by atoms with E-state index in [9.17, 15) is 15.1 Å². The standard InChI is InChI=1S/C18H22B2ClNO3/c1-19(23)22-12-10-18(11-13-22,15-4-8-17(21)9-5-15)14-2-6-16(7-3-14)20(24)25/h2-9,23-25H,10-13H2,1H3. The summed E-state index contributed by atoms with van der Waals surface area (Å²) in [5.41, 5.74) is 2.65. The Morgan fingerprint density at radius 2 is 1.36 bits per heavy atom. The van der Waals surface area contributed by atoms with Crippen molar-refractivity contribution in [2.45, 2.75) is 25.1 Å². The van der Waals surface area contributed by atoms with E-state index in [-0.39, 0.29) is 5.41 Å². The average molecular weight is 357 g/mol. The van der Waals surface area contributed by atoms with Crippen LogP contribution in [0.15, 0.2) is 48.5 Å². The van der Waals surface area contributed by atoms with Gasteiger partial charge in [-0.15, -0.1) is 0 Å². The summed E-state index contributed by atoms with van der Waals surface area (Å²) in [5.74, 6) is 0. The summed E-state index contributed by atoms with van der Waals surface area (Å²) in [7, 11) is -1.91. The minimum absolute atomic E-state index is 0.172. The second-order valence-corrected chi connectivity index (χ2v) is 7.19. The Kier molecular flexibility index (Phi) is 5.56. The molecule has 25 heavy (non-hydrogen) atoms. The summed E-state index contributed by atoms with van der Waals surface area (Å²) in [5, 5.41) is 29.3. The molecule has 2 aromatic rings. The molecule has 0 spiro atoms. The van der Waals surface area contributed by atoms with Crippen molar-refractivity contribution in [1.82, 2.24) is 4.81 Å². The molecule has 4 nitrogen and oxygen atoms in total. The molecule has 1 aliphatic heterocycles. The van der Waals surface area contributed by atoms with Gasteiger partial charge in [-0.2, -0.15) is 0 Å². The fourth-order valence-electron chi connectivity index (χ4n) is 3.77. The number of nitrogens with zero attached hydrogens (tertiary/aromatic N) is 1. The minimum atomic E-state index is -1.46. The Balaban J connectivity index is 1.99. The number of rotatable bonds is 4. The first-order chi connectivity index (χ1) is 11.9. The summed E-state index contributed by atoms with van der Waals surface area (Å²) in [6.07, 6.45) is 1.75. The first kappa shape index (κ1) is 18.5. The summed E-state index contributed by atoms with van der Waals surface area (Å²) in [4.78, 5) is 2.07. The number of halogens is 1. The lowest BCUT2D eigenvalue weighted by Crippen LogP contribution is -2.48. The molecule has 0 saturated carbocycles. The molecule has 3 N–H and O–H groups in total. The third kappa shape index (κ3) is 3.78. The van der Waals surface area contributed by atoms with Crippen LogP contribution in [-0.4, -0.2) is 47.1 Å². The van der Waals surface area contributed by atoms with Gasteiger partial charge in [0.25, 0.3) is 0 Å². The normalized spacial score (nSPS) is 17.3. The van der Waals surface area contributed by atoms with Crippen LogP contribution in [0.5, 0.6) is 0 Å². The van der Waals surface area contributed by atoms with Crippen molar-refractivity contribution in [2.24, 2.45) is 0 Å². The van der Waals surface area contributed by atoms with Gasteiger partial charge in [-0.1, -0.05) is 48.0 Å². The van der Waals surface area contributed by atoms with E-state index in [2.05, 4.69) is 16.9 Å². The highest BCUT2D eigenvalue weighted by Gasteiger charge is 2.39. The van der Waals surface area contributed by atoms with Crippen molar-refractivity contribution < 1.29 is 15.1 Å². The van der Waals surface area contributed by atoms with Gasteiger partial charge in [0.15, 0.2) is 0 Å². The zero-order valence-electron chi connectivity index (χ0n) is 14.3. The van der Waals surface area contributed by atoms with Crippen LogP contribution in [0.25, 0.3) is 0 Å². The SMILES string of the molecule is CB(O)N1CCC(c2ccc(Cl)cc2)(c2ccc(B(O)O)cc2)CC1. The topological polar surface area (TPSA) is 63.9 Å². The molecule has 130 valence electrons. The molecule has 0 amide bonds. The maximum absolute atomic E-state index is 9.88. The van der Waals surface area contributed by atoms with Crippen LogP contribution in [0.1, 0.15) is 24.0 Å². The van der Waals surface area contributed by atoms with Crippen LogP contribution in [-0.2, 0) is 5.41 Å². The lowest BCUT2D eigenvalue weighted by molar-refractivity contribution is 0.243. The van der Waals surface area contributed by atoms with Crippen molar-refractivity contribution in [2.75, 3.05) is 13.1 Å². The van der Waals surface area contributed by atoms with E-state index in [0.29, 0.717) is 10.5 Å². The van der Waals surface area contributed by atoms with E-state index in [1.807, 2.05) is 24.3 Å². The average Bonchev–Trinajstić information content (AvgIpc) is 2.62. The van der Waals surface area contributed by atoms with Gasteiger partial charge in [0, 0.05) is 10.4 Å². The van der Waals surface area contributed by atoms with Gasteiger partial charge >= 0.3 is 14.2 Å². The molecular formula is C18H22B2ClNO3. The molecule has 0 atom stereocenters. The Morgan fingerprint density at radius 3 is 1.80 bits per heavy atom. The number of piperidine rings is 1. The third-order valence-corrected chi connectivity index (χ3v) is 5.59. The Bertz CT molecular complexity index is 699. The molecule has 3 rings (SSSR count). The lowest BCUT2D eigenvalue weighted by Gasteiger charge is -2.43. The van der Waals surface area contributed by atoms with Gasteiger partial charge < -0.3 is 19.9 Å². The number of hydrogen-bond acceptors (Lipinski definition) is 4. The molecular weight excluding hydrogens is 335 g/mol. The zero-order chi connectivity index (χ0) is 18.0. The van der Waals surface area contributed by atoms with Crippen molar-refractivity contribution in [3.8, 4) is 0 Å². The van der Waals surface area contributed by atoms with Crippen LogP contribution < -0.4 is 5.46 Å². The van der Waals surface area contributed by atoms with Crippen LogP contribution in [0, 0.1) is 0 Å². The molecule has 1 saturated heterocycles. The van der Waals surface area contributed by atoms with E-state index < -0.39 is 14.2 Å². The predicted molar refractivity (Wildman–Crippen MR) is 103 cm³/mol. The second kappa shape index (κ2) is 7.52. The molecule has 0 aromatic heterocycles. The van der Waals surface area contributed by atoms with Gasteiger partial charge in [-0.3, -0.25) is 0 Å². The maximum atomic E-state index is 9.88. The van der Waals surface area contributed by atoms with Crippen molar-refractivity contribution in [3.05, 3.63) is 64.7 Å². The fraction of sp³-hybridized carbons (Fsp3) is 0.333. The third-order valence-electron chi connectivity index (χ3n) is 5.34. The van der Waals surface area contributed by atoms with Crippen LogP contribution in [0.3, 0.4) is 0 Å². The van der Waals surface area contributed by atoms with Crippen LogP contribution in [0.4, 0.5) is 0 Å².